The summed E-state index contributed by atoms with van der Waals surface area (Å²) >= 11 is 0. The fraction of sp³-hybridized carbons (Fsp3) is 0.227. The molecule has 5 heteroatoms. The number of amides is 1. The van der Waals surface area contributed by atoms with E-state index in [2.05, 4.69) is 15.3 Å². The fourth-order valence-electron chi connectivity index (χ4n) is 4.28. The number of hydrogen-bond acceptors (Lipinski definition) is 1. The molecule has 3 N–H and O–H groups in total. The molecule has 4 nitrogen and oxygen atoms in total. The minimum atomic E-state index is -0.227. The van der Waals surface area contributed by atoms with Crippen LogP contribution in [0, 0.1) is 5.82 Å². The Kier molecular flexibility index (Phi) is 3.74. The second-order valence-electron chi connectivity index (χ2n) is 7.26. The highest BCUT2D eigenvalue weighted by atomic mass is 19.1. The first-order valence-electron chi connectivity index (χ1n) is 9.33. The van der Waals surface area contributed by atoms with E-state index in [-0.39, 0.29) is 17.8 Å². The van der Waals surface area contributed by atoms with Crippen LogP contribution in [0.2, 0.25) is 0 Å². The average Bonchev–Trinajstić information content (AvgIpc) is 3.24. The molecule has 2 heterocycles. The quantitative estimate of drug-likeness (QED) is 0.493. The van der Waals surface area contributed by atoms with E-state index in [1.807, 2.05) is 30.5 Å². The molecule has 136 valence electrons. The molecule has 1 aliphatic carbocycles. The van der Waals surface area contributed by atoms with Crippen molar-refractivity contribution in [1.29, 1.82) is 0 Å². The van der Waals surface area contributed by atoms with Crippen molar-refractivity contribution in [2.75, 3.05) is 0 Å². The molecule has 0 unspecified atom stereocenters. The molecule has 0 fully saturated rings. The van der Waals surface area contributed by atoms with Gasteiger partial charge in [-0.05, 0) is 54.7 Å². The number of hydrogen-bond donors (Lipinski definition) is 3. The van der Waals surface area contributed by atoms with Gasteiger partial charge in [0.2, 0.25) is 5.91 Å². The molecular formula is C22H20FN3O. The van der Waals surface area contributed by atoms with Crippen LogP contribution in [0.1, 0.15) is 35.7 Å². The molecule has 1 atom stereocenters. The van der Waals surface area contributed by atoms with Gasteiger partial charge in [-0.25, -0.2) is 4.39 Å². The third-order valence-corrected chi connectivity index (χ3v) is 5.53. The van der Waals surface area contributed by atoms with Gasteiger partial charge in [0.1, 0.15) is 5.82 Å². The molecule has 0 spiro atoms. The van der Waals surface area contributed by atoms with Crippen molar-refractivity contribution in [3.63, 3.8) is 0 Å². The summed E-state index contributed by atoms with van der Waals surface area (Å²) in [6.45, 7) is 0. The zero-order valence-electron chi connectivity index (χ0n) is 14.8. The van der Waals surface area contributed by atoms with Crippen LogP contribution in [0.5, 0.6) is 0 Å². The van der Waals surface area contributed by atoms with E-state index >= 15 is 0 Å². The van der Waals surface area contributed by atoms with Crippen molar-refractivity contribution in [3.8, 4) is 0 Å². The number of carbonyl (C=O) groups is 1. The molecule has 0 saturated heterocycles. The summed E-state index contributed by atoms with van der Waals surface area (Å²) < 4.78 is 13.6. The van der Waals surface area contributed by atoms with E-state index in [9.17, 15) is 9.18 Å². The van der Waals surface area contributed by atoms with Gasteiger partial charge < -0.3 is 15.3 Å². The Morgan fingerprint density at radius 3 is 2.96 bits per heavy atom. The van der Waals surface area contributed by atoms with Crippen LogP contribution in [0.15, 0.2) is 48.7 Å². The SMILES string of the molecule is O=C(Cc1c[nH]c2ccccc12)N[C@@H]1CCCc2c1[nH]c1ccc(F)cc21. The lowest BCUT2D eigenvalue weighted by molar-refractivity contribution is -0.121. The Balaban J connectivity index is 1.40. The van der Waals surface area contributed by atoms with Crippen LogP contribution in [0.25, 0.3) is 21.8 Å². The summed E-state index contributed by atoms with van der Waals surface area (Å²) in [5.74, 6) is -0.225. The minimum absolute atomic E-state index is 0.00226. The van der Waals surface area contributed by atoms with E-state index < -0.39 is 0 Å². The Morgan fingerprint density at radius 2 is 2.04 bits per heavy atom. The lowest BCUT2D eigenvalue weighted by atomic mass is 9.91. The van der Waals surface area contributed by atoms with Crippen LogP contribution >= 0.6 is 0 Å². The Labute approximate surface area is 155 Å². The van der Waals surface area contributed by atoms with Gasteiger partial charge in [0, 0.05) is 33.7 Å². The maximum Gasteiger partial charge on any atom is 0.225 e. The zero-order valence-corrected chi connectivity index (χ0v) is 14.8. The molecule has 0 bridgehead atoms. The van der Waals surface area contributed by atoms with E-state index in [1.165, 1.54) is 6.07 Å². The standard InChI is InChI=1S/C22H20FN3O/c23-14-8-9-19-17(11-14)16-5-3-7-20(22(16)26-19)25-21(27)10-13-12-24-18-6-2-1-4-15(13)18/h1-2,4,6,8-9,11-12,20,24,26H,3,5,7,10H2,(H,25,27)/t20-/m1/s1. The molecule has 27 heavy (non-hydrogen) atoms. The van der Waals surface area contributed by atoms with Crippen molar-refractivity contribution >= 4 is 27.7 Å². The van der Waals surface area contributed by atoms with Gasteiger partial charge in [-0.1, -0.05) is 18.2 Å². The first-order valence-corrected chi connectivity index (χ1v) is 9.33. The predicted octanol–water partition coefficient (Wildman–Crippen LogP) is 4.52. The number of carbonyl (C=O) groups excluding carboxylic acids is 1. The summed E-state index contributed by atoms with van der Waals surface area (Å²) in [6.07, 6.45) is 5.02. The van der Waals surface area contributed by atoms with Crippen molar-refractivity contribution < 1.29 is 9.18 Å². The van der Waals surface area contributed by atoms with Crippen LogP contribution < -0.4 is 5.32 Å². The third-order valence-electron chi connectivity index (χ3n) is 5.53. The van der Waals surface area contributed by atoms with E-state index in [0.717, 1.165) is 57.9 Å². The second-order valence-corrected chi connectivity index (χ2v) is 7.26. The zero-order chi connectivity index (χ0) is 18.4. The van der Waals surface area contributed by atoms with Crippen LogP contribution in [0.3, 0.4) is 0 Å². The van der Waals surface area contributed by atoms with Crippen LogP contribution in [-0.4, -0.2) is 15.9 Å². The normalized spacial score (nSPS) is 16.6. The van der Waals surface area contributed by atoms with Gasteiger partial charge >= 0.3 is 0 Å². The molecule has 1 aliphatic rings. The number of fused-ring (bicyclic) bond motifs is 4. The summed E-state index contributed by atoms with van der Waals surface area (Å²) in [5.41, 5.74) is 5.12. The van der Waals surface area contributed by atoms with Crippen molar-refractivity contribution in [3.05, 3.63) is 71.3 Å². The summed E-state index contributed by atoms with van der Waals surface area (Å²) in [5, 5.41) is 5.19. The number of nitrogens with one attached hydrogen (secondary N) is 3. The molecule has 0 radical (unpaired) electrons. The number of H-pyrrole nitrogens is 2. The maximum absolute atomic E-state index is 13.6. The largest absolute Gasteiger partial charge is 0.361 e. The summed E-state index contributed by atoms with van der Waals surface area (Å²) in [6, 6.07) is 12.8. The molecule has 5 rings (SSSR count). The third kappa shape index (κ3) is 2.79. The lowest BCUT2D eigenvalue weighted by Gasteiger charge is -2.23. The number of para-hydroxylation sites is 1. The molecule has 0 aliphatic heterocycles. The first kappa shape index (κ1) is 16.1. The molecule has 0 saturated carbocycles. The highest BCUT2D eigenvalue weighted by Crippen LogP contribution is 2.35. The van der Waals surface area contributed by atoms with E-state index in [1.54, 1.807) is 12.1 Å². The Hall–Kier alpha value is -3.08. The second kappa shape index (κ2) is 6.27. The monoisotopic (exact) mass is 361 g/mol. The maximum atomic E-state index is 13.6. The molecule has 4 aromatic rings. The number of halogens is 1. The predicted molar refractivity (Wildman–Crippen MR) is 104 cm³/mol. The number of benzene rings is 2. The fourth-order valence-corrected chi connectivity index (χ4v) is 4.28. The Bertz CT molecular complexity index is 1160. The van der Waals surface area contributed by atoms with Crippen molar-refractivity contribution in [2.45, 2.75) is 31.7 Å². The highest BCUT2D eigenvalue weighted by Gasteiger charge is 2.26. The first-order chi connectivity index (χ1) is 13.2. The topological polar surface area (TPSA) is 60.7 Å². The molecule has 2 aromatic heterocycles. The smallest absolute Gasteiger partial charge is 0.225 e. The number of aromatic amines is 2. The van der Waals surface area contributed by atoms with Gasteiger partial charge in [0.05, 0.1) is 12.5 Å². The van der Waals surface area contributed by atoms with Gasteiger partial charge in [0.25, 0.3) is 0 Å². The molecular weight excluding hydrogens is 341 g/mol. The van der Waals surface area contributed by atoms with Crippen LogP contribution in [-0.2, 0) is 17.6 Å². The summed E-state index contributed by atoms with van der Waals surface area (Å²) in [7, 11) is 0. The average molecular weight is 361 g/mol. The van der Waals surface area contributed by atoms with Gasteiger partial charge in [-0.2, -0.15) is 0 Å². The molecule has 2 aromatic carbocycles. The lowest BCUT2D eigenvalue weighted by Crippen LogP contribution is -2.32. The van der Waals surface area contributed by atoms with Crippen LogP contribution in [0.4, 0.5) is 4.39 Å². The summed E-state index contributed by atoms with van der Waals surface area (Å²) in [4.78, 5) is 19.3. The minimum Gasteiger partial charge on any atom is -0.361 e. The number of aryl methyl sites for hydroxylation is 1. The number of aromatic nitrogens is 2. The van der Waals surface area contributed by atoms with Gasteiger partial charge in [-0.3, -0.25) is 4.79 Å². The van der Waals surface area contributed by atoms with Crippen molar-refractivity contribution in [2.24, 2.45) is 0 Å². The highest BCUT2D eigenvalue weighted by molar-refractivity contribution is 5.89. The van der Waals surface area contributed by atoms with Gasteiger partial charge in [0.15, 0.2) is 0 Å². The number of rotatable bonds is 3. The Morgan fingerprint density at radius 1 is 1.15 bits per heavy atom. The van der Waals surface area contributed by atoms with Crippen molar-refractivity contribution in [1.82, 2.24) is 15.3 Å². The van der Waals surface area contributed by atoms with E-state index in [0.29, 0.717) is 6.42 Å². The van der Waals surface area contributed by atoms with E-state index in [4.69, 9.17) is 0 Å². The molecule has 1 amide bonds. The van der Waals surface area contributed by atoms with Gasteiger partial charge in [-0.15, -0.1) is 0 Å².